The zero-order chi connectivity index (χ0) is 30.0. The summed E-state index contributed by atoms with van der Waals surface area (Å²) in [5.41, 5.74) is 3.88. The first-order chi connectivity index (χ1) is 19.3. The smallest absolute Gasteiger partial charge is 0.255 e. The van der Waals surface area contributed by atoms with Gasteiger partial charge in [0, 0.05) is 43.4 Å². The van der Waals surface area contributed by atoms with Crippen LogP contribution in [-0.4, -0.2) is 101 Å². The number of allylic oxidation sites excluding steroid dienone is 1. The van der Waals surface area contributed by atoms with Crippen molar-refractivity contribution in [3.63, 3.8) is 0 Å². The van der Waals surface area contributed by atoms with Crippen LogP contribution < -0.4 is 10.6 Å². The lowest BCUT2D eigenvalue weighted by Gasteiger charge is -2.50. The quantitative estimate of drug-likeness (QED) is 0.329. The van der Waals surface area contributed by atoms with Crippen molar-refractivity contribution >= 4 is 23.2 Å². The Morgan fingerprint density at radius 2 is 1.71 bits per heavy atom. The van der Waals surface area contributed by atoms with Gasteiger partial charge in [0.2, 0.25) is 5.78 Å². The molecule has 1 amide bonds. The highest BCUT2D eigenvalue weighted by Gasteiger charge is 2.63. The number of hydrogen-bond donors (Lipinski definition) is 5. The van der Waals surface area contributed by atoms with E-state index in [2.05, 4.69) is 4.90 Å². The van der Waals surface area contributed by atoms with Gasteiger partial charge in [0.1, 0.15) is 22.8 Å². The van der Waals surface area contributed by atoms with Crippen LogP contribution in [-0.2, 0) is 22.6 Å². The summed E-state index contributed by atoms with van der Waals surface area (Å²) in [5, 5.41) is 45.8. The van der Waals surface area contributed by atoms with E-state index in [1.54, 1.807) is 19.0 Å². The Kier molecular flexibility index (Phi) is 7.42. The Morgan fingerprint density at radius 3 is 2.27 bits per heavy atom. The summed E-state index contributed by atoms with van der Waals surface area (Å²) in [6.45, 7) is 2.24. The van der Waals surface area contributed by atoms with Gasteiger partial charge in [-0.15, -0.1) is 0 Å². The molecule has 1 aromatic rings. The number of anilines is 1. The van der Waals surface area contributed by atoms with Crippen LogP contribution in [0.5, 0.6) is 5.75 Å². The van der Waals surface area contributed by atoms with Crippen LogP contribution >= 0.6 is 0 Å². The Bertz CT molecular complexity index is 1370. The van der Waals surface area contributed by atoms with Crippen molar-refractivity contribution in [1.82, 2.24) is 9.80 Å². The highest BCUT2D eigenvalue weighted by atomic mass is 16.3. The fraction of sp³-hybridized carbons (Fsp3) is 0.567. The van der Waals surface area contributed by atoms with E-state index >= 15 is 0 Å². The molecule has 11 nitrogen and oxygen atoms in total. The van der Waals surface area contributed by atoms with Crippen molar-refractivity contribution in [3.8, 4) is 5.75 Å². The molecule has 0 bridgehead atoms. The number of rotatable bonds is 5. The molecule has 4 atom stereocenters. The average molecular weight is 569 g/mol. The van der Waals surface area contributed by atoms with Crippen molar-refractivity contribution in [2.75, 3.05) is 46.2 Å². The molecular weight excluding hydrogens is 528 g/mol. The van der Waals surface area contributed by atoms with Gasteiger partial charge >= 0.3 is 0 Å². The number of aliphatic hydroxyl groups excluding tert-OH is 2. The monoisotopic (exact) mass is 568 g/mol. The summed E-state index contributed by atoms with van der Waals surface area (Å²) in [7, 11) is 6.96. The van der Waals surface area contributed by atoms with Gasteiger partial charge in [-0.2, -0.15) is 0 Å². The van der Waals surface area contributed by atoms with E-state index in [4.69, 9.17) is 5.73 Å². The third kappa shape index (κ3) is 4.41. The molecule has 0 saturated carbocycles. The number of aromatic hydroxyl groups is 1. The van der Waals surface area contributed by atoms with Crippen LogP contribution in [0.25, 0.3) is 0 Å². The lowest BCUT2D eigenvalue weighted by molar-refractivity contribution is -0.148. The molecule has 0 aromatic heterocycles. The number of primary amides is 1. The number of fused-ring (bicyclic) bond motifs is 3. The van der Waals surface area contributed by atoms with E-state index in [-0.39, 0.29) is 29.7 Å². The van der Waals surface area contributed by atoms with E-state index in [1.165, 1.54) is 0 Å². The lowest BCUT2D eigenvalue weighted by Crippen LogP contribution is -2.63. The topological polar surface area (TPSA) is 168 Å². The number of likely N-dealkylation sites (tertiary alicyclic amines) is 1. The molecule has 1 saturated heterocycles. The number of hydrogen-bond acceptors (Lipinski definition) is 10. The van der Waals surface area contributed by atoms with Gasteiger partial charge in [-0.1, -0.05) is 12.8 Å². The fourth-order valence-corrected chi connectivity index (χ4v) is 7.41. The van der Waals surface area contributed by atoms with E-state index in [0.29, 0.717) is 17.7 Å². The number of likely N-dealkylation sites (N-methyl/N-ethyl adjacent to an activating group) is 1. The molecule has 4 aliphatic rings. The number of amides is 1. The van der Waals surface area contributed by atoms with E-state index in [0.717, 1.165) is 44.5 Å². The molecule has 222 valence electrons. The third-order valence-corrected chi connectivity index (χ3v) is 9.35. The Balaban J connectivity index is 1.66. The number of ketones is 2. The maximum absolute atomic E-state index is 14.2. The number of benzene rings is 1. The van der Waals surface area contributed by atoms with E-state index in [9.17, 15) is 34.8 Å². The minimum absolute atomic E-state index is 0.0572. The number of carbonyl (C=O) groups excluding carboxylic acids is 3. The van der Waals surface area contributed by atoms with Gasteiger partial charge in [0.05, 0.1) is 11.6 Å². The largest absolute Gasteiger partial charge is 0.510 e. The third-order valence-electron chi connectivity index (χ3n) is 9.35. The number of carbonyl (C=O) groups is 3. The second kappa shape index (κ2) is 10.5. The molecule has 0 radical (unpaired) electrons. The maximum atomic E-state index is 14.2. The van der Waals surface area contributed by atoms with Gasteiger partial charge in [-0.05, 0) is 70.4 Å². The number of phenols is 1. The molecule has 1 heterocycles. The van der Waals surface area contributed by atoms with Crippen molar-refractivity contribution in [2.45, 2.75) is 56.7 Å². The fourth-order valence-electron chi connectivity index (χ4n) is 7.41. The zero-order valence-corrected chi connectivity index (χ0v) is 24.1. The van der Waals surface area contributed by atoms with Crippen molar-refractivity contribution in [1.29, 1.82) is 0 Å². The molecule has 1 aliphatic heterocycles. The number of nitrogens with zero attached hydrogens (tertiary/aromatic N) is 3. The molecule has 0 spiro atoms. The Hall–Kier alpha value is -3.41. The first-order valence-corrected chi connectivity index (χ1v) is 14.2. The zero-order valence-electron chi connectivity index (χ0n) is 24.1. The Labute approximate surface area is 239 Å². The van der Waals surface area contributed by atoms with Crippen LogP contribution in [0.1, 0.15) is 53.6 Å². The van der Waals surface area contributed by atoms with Crippen molar-refractivity contribution < 1.29 is 34.8 Å². The summed E-state index contributed by atoms with van der Waals surface area (Å²) in [5.74, 6) is -6.37. The van der Waals surface area contributed by atoms with Gasteiger partial charge in [0.15, 0.2) is 11.4 Å². The summed E-state index contributed by atoms with van der Waals surface area (Å²) in [6, 6.07) is 0.902. The highest BCUT2D eigenvalue weighted by Crippen LogP contribution is 2.53. The molecule has 1 aromatic carbocycles. The van der Waals surface area contributed by atoms with Gasteiger partial charge in [-0.3, -0.25) is 24.2 Å². The van der Waals surface area contributed by atoms with E-state index in [1.807, 2.05) is 25.1 Å². The number of nitrogens with two attached hydrogens (primary N) is 1. The molecule has 0 unspecified atom stereocenters. The molecule has 3 aliphatic carbocycles. The van der Waals surface area contributed by atoms with Crippen LogP contribution in [0.15, 0.2) is 28.7 Å². The second-order valence-electron chi connectivity index (χ2n) is 12.3. The SMILES string of the molecule is CN(C)c1cc(CN2CCCCCC2)c(O)c2c1C[C@H]1C[C@H]3[C@H](N(C)C)C(O)=C(C(N)=O)C(=O)[C@@]3(O)C(O)=C1C2=O. The molecule has 41 heavy (non-hydrogen) atoms. The minimum atomic E-state index is -2.64. The summed E-state index contributed by atoms with van der Waals surface area (Å²) < 4.78 is 0. The first-order valence-electron chi connectivity index (χ1n) is 14.2. The van der Waals surface area contributed by atoms with Gasteiger partial charge in [0.25, 0.3) is 5.91 Å². The highest BCUT2D eigenvalue weighted by molar-refractivity contribution is 6.24. The summed E-state index contributed by atoms with van der Waals surface area (Å²) in [4.78, 5) is 45.6. The number of Topliss-reactive ketones (excluding diaryl/α,β-unsaturated/α-hetero) is 2. The molecule has 1 fully saturated rings. The molecule has 6 N–H and O–H groups in total. The molecule has 11 heteroatoms. The average Bonchev–Trinajstić information content (AvgIpc) is 3.16. The normalized spacial score (nSPS) is 28.8. The summed E-state index contributed by atoms with van der Waals surface area (Å²) in [6.07, 6.45) is 4.77. The van der Waals surface area contributed by atoms with Gasteiger partial charge in [-0.25, -0.2) is 0 Å². The van der Waals surface area contributed by atoms with Crippen LogP contribution in [0.2, 0.25) is 0 Å². The maximum Gasteiger partial charge on any atom is 0.255 e. The first kappa shape index (κ1) is 29.1. The Morgan fingerprint density at radius 1 is 1.07 bits per heavy atom. The molecule has 5 rings (SSSR count). The van der Waals surface area contributed by atoms with Crippen LogP contribution in [0.3, 0.4) is 0 Å². The lowest BCUT2D eigenvalue weighted by atomic mass is 9.58. The van der Waals surface area contributed by atoms with Crippen LogP contribution in [0.4, 0.5) is 5.69 Å². The summed E-state index contributed by atoms with van der Waals surface area (Å²) >= 11 is 0. The number of aliphatic hydroxyl groups is 3. The van der Waals surface area contributed by atoms with Crippen LogP contribution in [0, 0.1) is 11.8 Å². The molecular formula is C30H40N4O7. The second-order valence-corrected chi connectivity index (χ2v) is 12.3. The minimum Gasteiger partial charge on any atom is -0.510 e. The predicted molar refractivity (Wildman–Crippen MR) is 152 cm³/mol. The van der Waals surface area contributed by atoms with Crippen molar-refractivity contribution in [2.24, 2.45) is 17.6 Å². The standard InChI is InChI=1S/C30H40N4O7/c1-32(2)19-13-16(14-34-9-7-5-6-8-10-34)24(35)21-17(19)11-15-12-18-23(33(3)4)26(37)22(29(31)40)28(39)30(18,41)27(38)20(15)25(21)36/h13,15,18,23,35,37-38,41H,5-12,14H2,1-4H3,(H2,31,40)/t15-,18-,23-,30-/m0/s1. The van der Waals surface area contributed by atoms with E-state index < -0.39 is 58.0 Å². The van der Waals surface area contributed by atoms with Gasteiger partial charge < -0.3 is 31.1 Å². The predicted octanol–water partition coefficient (Wildman–Crippen LogP) is 1.56. The number of phenolic OH excluding ortho intramolecular Hbond substituents is 1. The van der Waals surface area contributed by atoms with Crippen molar-refractivity contribution in [3.05, 3.63) is 45.4 Å².